The molecule has 0 aliphatic carbocycles. The average molecular weight is 222 g/mol. The highest BCUT2D eigenvalue weighted by molar-refractivity contribution is 4.97. The number of hydrogen-bond acceptors (Lipinski definition) is 3. The van der Waals surface area contributed by atoms with E-state index in [0.717, 1.165) is 18.8 Å². The van der Waals surface area contributed by atoms with Gasteiger partial charge in [0, 0.05) is 6.54 Å². The maximum Gasteiger partial charge on any atom is 0.117 e. The fourth-order valence-electron chi connectivity index (χ4n) is 2.24. The highest BCUT2D eigenvalue weighted by Gasteiger charge is 2.28. The number of nitrogens with zero attached hydrogens (tertiary/aromatic N) is 1. The molecule has 2 rings (SSSR count). The molecular formula is C13H22N2O. The smallest absolute Gasteiger partial charge is 0.117 e. The van der Waals surface area contributed by atoms with Crippen molar-refractivity contribution in [3.05, 3.63) is 24.2 Å². The van der Waals surface area contributed by atoms with Gasteiger partial charge in [-0.3, -0.25) is 0 Å². The molecule has 1 aliphatic rings. The summed E-state index contributed by atoms with van der Waals surface area (Å²) >= 11 is 0. The predicted octanol–water partition coefficient (Wildman–Crippen LogP) is 2.10. The van der Waals surface area contributed by atoms with Gasteiger partial charge in [0.15, 0.2) is 0 Å². The molecule has 2 heterocycles. The zero-order valence-corrected chi connectivity index (χ0v) is 10.3. The van der Waals surface area contributed by atoms with Crippen LogP contribution >= 0.6 is 0 Å². The third kappa shape index (κ3) is 3.09. The minimum Gasteiger partial charge on any atom is -0.468 e. The fourth-order valence-corrected chi connectivity index (χ4v) is 2.24. The molecule has 90 valence electrons. The van der Waals surface area contributed by atoms with Crippen molar-refractivity contribution in [3.63, 3.8) is 0 Å². The van der Waals surface area contributed by atoms with E-state index >= 15 is 0 Å². The van der Waals surface area contributed by atoms with Crippen LogP contribution < -0.4 is 5.32 Å². The molecule has 0 aromatic carbocycles. The van der Waals surface area contributed by atoms with Gasteiger partial charge in [-0.15, -0.1) is 0 Å². The molecule has 0 atom stereocenters. The summed E-state index contributed by atoms with van der Waals surface area (Å²) in [6.07, 6.45) is 4.30. The van der Waals surface area contributed by atoms with Crippen molar-refractivity contribution in [1.29, 1.82) is 0 Å². The summed E-state index contributed by atoms with van der Waals surface area (Å²) in [5, 5.41) is 3.50. The molecule has 0 spiro atoms. The van der Waals surface area contributed by atoms with Crippen molar-refractivity contribution < 1.29 is 4.42 Å². The van der Waals surface area contributed by atoms with Crippen LogP contribution in [0.2, 0.25) is 0 Å². The molecule has 3 heteroatoms. The lowest BCUT2D eigenvalue weighted by Gasteiger charge is -2.38. The van der Waals surface area contributed by atoms with Gasteiger partial charge in [-0.2, -0.15) is 0 Å². The lowest BCUT2D eigenvalue weighted by Crippen LogP contribution is -2.41. The van der Waals surface area contributed by atoms with Crippen molar-refractivity contribution in [2.75, 3.05) is 26.7 Å². The minimum absolute atomic E-state index is 0.457. The predicted molar refractivity (Wildman–Crippen MR) is 65.3 cm³/mol. The highest BCUT2D eigenvalue weighted by Crippen LogP contribution is 2.29. The Morgan fingerprint density at radius 3 is 2.81 bits per heavy atom. The van der Waals surface area contributed by atoms with Crippen molar-refractivity contribution in [3.8, 4) is 0 Å². The van der Waals surface area contributed by atoms with Crippen molar-refractivity contribution >= 4 is 0 Å². The number of furan rings is 1. The van der Waals surface area contributed by atoms with Crippen LogP contribution in [0.3, 0.4) is 0 Å². The first-order chi connectivity index (χ1) is 7.68. The maximum absolute atomic E-state index is 5.30. The third-order valence-electron chi connectivity index (χ3n) is 3.63. The maximum atomic E-state index is 5.30. The molecule has 1 aromatic heterocycles. The SMILES string of the molecule is CN1CCC(C)(CNCc2ccco2)CC1. The Bertz CT molecular complexity index is 300. The zero-order valence-electron chi connectivity index (χ0n) is 10.3. The van der Waals surface area contributed by atoms with Gasteiger partial charge in [-0.25, -0.2) is 0 Å². The van der Waals surface area contributed by atoms with Gasteiger partial charge >= 0.3 is 0 Å². The summed E-state index contributed by atoms with van der Waals surface area (Å²) in [6.45, 7) is 6.76. The van der Waals surface area contributed by atoms with Crippen LogP contribution in [0.1, 0.15) is 25.5 Å². The molecule has 1 aromatic rings. The van der Waals surface area contributed by atoms with Gasteiger partial charge in [-0.1, -0.05) is 6.92 Å². The number of piperidine rings is 1. The largest absolute Gasteiger partial charge is 0.468 e. The summed E-state index contributed by atoms with van der Waals surface area (Å²) < 4.78 is 5.30. The quantitative estimate of drug-likeness (QED) is 0.845. The van der Waals surface area contributed by atoms with Gasteiger partial charge in [0.05, 0.1) is 12.8 Å². The first-order valence-electron chi connectivity index (χ1n) is 6.10. The Labute approximate surface area is 97.8 Å². The summed E-state index contributed by atoms with van der Waals surface area (Å²) in [4.78, 5) is 2.41. The van der Waals surface area contributed by atoms with Gasteiger partial charge in [0.2, 0.25) is 0 Å². The van der Waals surface area contributed by atoms with E-state index in [1.165, 1.54) is 25.9 Å². The normalized spacial score (nSPS) is 21.1. The zero-order chi connectivity index (χ0) is 11.4. The second-order valence-electron chi connectivity index (χ2n) is 5.30. The molecule has 0 bridgehead atoms. The van der Waals surface area contributed by atoms with E-state index in [0.29, 0.717) is 5.41 Å². The van der Waals surface area contributed by atoms with Gasteiger partial charge < -0.3 is 14.6 Å². The average Bonchev–Trinajstić information content (AvgIpc) is 2.76. The Balaban J connectivity index is 1.73. The standard InChI is InChI=1S/C13H22N2O/c1-13(5-7-15(2)8-6-13)11-14-10-12-4-3-9-16-12/h3-4,9,14H,5-8,10-11H2,1-2H3. The number of hydrogen-bond donors (Lipinski definition) is 1. The Morgan fingerprint density at radius 1 is 1.44 bits per heavy atom. The first kappa shape index (κ1) is 11.7. The van der Waals surface area contributed by atoms with E-state index in [1.807, 2.05) is 12.1 Å². The van der Waals surface area contributed by atoms with Crippen LogP contribution in [-0.2, 0) is 6.54 Å². The monoisotopic (exact) mass is 222 g/mol. The number of rotatable bonds is 4. The Hall–Kier alpha value is -0.800. The molecule has 1 N–H and O–H groups in total. The molecule has 1 fully saturated rings. The van der Waals surface area contributed by atoms with Crippen LogP contribution in [0.25, 0.3) is 0 Å². The molecular weight excluding hydrogens is 200 g/mol. The van der Waals surface area contributed by atoms with Crippen LogP contribution in [-0.4, -0.2) is 31.6 Å². The fraction of sp³-hybridized carbons (Fsp3) is 0.692. The molecule has 0 unspecified atom stereocenters. The topological polar surface area (TPSA) is 28.4 Å². The first-order valence-corrected chi connectivity index (χ1v) is 6.10. The van der Waals surface area contributed by atoms with Gasteiger partial charge in [0.25, 0.3) is 0 Å². The van der Waals surface area contributed by atoms with Crippen LogP contribution in [0.15, 0.2) is 22.8 Å². The Kier molecular flexibility index (Phi) is 3.66. The molecule has 3 nitrogen and oxygen atoms in total. The summed E-state index contributed by atoms with van der Waals surface area (Å²) in [5.41, 5.74) is 0.457. The van der Waals surface area contributed by atoms with E-state index in [2.05, 4.69) is 24.2 Å². The van der Waals surface area contributed by atoms with Gasteiger partial charge in [-0.05, 0) is 50.5 Å². The summed E-state index contributed by atoms with van der Waals surface area (Å²) in [7, 11) is 2.20. The summed E-state index contributed by atoms with van der Waals surface area (Å²) in [6, 6.07) is 3.96. The van der Waals surface area contributed by atoms with Crippen molar-refractivity contribution in [2.24, 2.45) is 5.41 Å². The van der Waals surface area contributed by atoms with Gasteiger partial charge in [0.1, 0.15) is 5.76 Å². The number of likely N-dealkylation sites (tertiary alicyclic amines) is 1. The van der Waals surface area contributed by atoms with Crippen LogP contribution in [0, 0.1) is 5.41 Å². The summed E-state index contributed by atoms with van der Waals surface area (Å²) in [5.74, 6) is 1.02. The Morgan fingerprint density at radius 2 is 2.19 bits per heavy atom. The molecule has 16 heavy (non-hydrogen) atoms. The van der Waals surface area contributed by atoms with E-state index in [4.69, 9.17) is 4.42 Å². The van der Waals surface area contributed by atoms with E-state index < -0.39 is 0 Å². The van der Waals surface area contributed by atoms with Crippen LogP contribution in [0.5, 0.6) is 0 Å². The molecule has 0 amide bonds. The highest BCUT2D eigenvalue weighted by atomic mass is 16.3. The van der Waals surface area contributed by atoms with Crippen molar-refractivity contribution in [2.45, 2.75) is 26.3 Å². The number of nitrogens with one attached hydrogen (secondary N) is 1. The molecule has 1 aliphatic heterocycles. The molecule has 0 saturated carbocycles. The van der Waals surface area contributed by atoms with E-state index in [-0.39, 0.29) is 0 Å². The lowest BCUT2D eigenvalue weighted by molar-refractivity contribution is 0.136. The molecule has 1 saturated heterocycles. The van der Waals surface area contributed by atoms with E-state index in [1.54, 1.807) is 6.26 Å². The van der Waals surface area contributed by atoms with Crippen molar-refractivity contribution in [1.82, 2.24) is 10.2 Å². The minimum atomic E-state index is 0.457. The lowest BCUT2D eigenvalue weighted by atomic mass is 9.80. The van der Waals surface area contributed by atoms with E-state index in [9.17, 15) is 0 Å². The third-order valence-corrected chi connectivity index (χ3v) is 3.63. The second-order valence-corrected chi connectivity index (χ2v) is 5.30. The molecule has 0 radical (unpaired) electrons. The van der Waals surface area contributed by atoms with Crippen LogP contribution in [0.4, 0.5) is 0 Å². The second kappa shape index (κ2) is 5.02.